The highest BCUT2D eigenvalue weighted by Crippen LogP contribution is 2.30. The van der Waals surface area contributed by atoms with Gasteiger partial charge in [0.05, 0.1) is 12.1 Å². The Labute approximate surface area is 92.5 Å². The number of hydrogen-bond donors (Lipinski definition) is 2. The van der Waals surface area contributed by atoms with Gasteiger partial charge in [-0.1, -0.05) is 13.8 Å². The lowest BCUT2D eigenvalue weighted by molar-refractivity contribution is -0.138. The number of nitrogens with one attached hydrogen (secondary N) is 1. The molecule has 0 aliphatic heterocycles. The maximum Gasteiger partial charge on any atom is 0.304 e. The van der Waals surface area contributed by atoms with Crippen LogP contribution in [0.25, 0.3) is 11.0 Å². The summed E-state index contributed by atoms with van der Waals surface area (Å²) in [5.41, 5.74) is 0.932. The smallest absolute Gasteiger partial charge is 0.304 e. The molecule has 2 aromatic heterocycles. The molecular weight excluding hydrogens is 206 g/mol. The molecule has 0 unspecified atom stereocenters. The summed E-state index contributed by atoms with van der Waals surface area (Å²) in [5.74, 6) is -0.829. The minimum absolute atomic E-state index is 0.0435. The van der Waals surface area contributed by atoms with E-state index >= 15 is 0 Å². The van der Waals surface area contributed by atoms with E-state index in [1.165, 1.54) is 0 Å². The van der Waals surface area contributed by atoms with Gasteiger partial charge < -0.3 is 5.11 Å². The van der Waals surface area contributed by atoms with Crippen molar-refractivity contribution in [1.29, 1.82) is 0 Å². The summed E-state index contributed by atoms with van der Waals surface area (Å²) in [6.45, 7) is 3.73. The molecule has 0 spiro atoms. The molecule has 0 aromatic carbocycles. The Balaban J connectivity index is 2.50. The molecule has 5 heteroatoms. The van der Waals surface area contributed by atoms with Crippen LogP contribution in [0.1, 0.15) is 26.0 Å². The third-order valence-corrected chi connectivity index (χ3v) is 2.57. The zero-order chi connectivity index (χ0) is 11.8. The molecular formula is C11H13N3O2. The SMILES string of the molecule is CC(C)(CC(=O)O)c1n[nH]c2ncccc12. The van der Waals surface area contributed by atoms with Gasteiger partial charge in [-0.2, -0.15) is 5.10 Å². The second-order valence-electron chi connectivity index (χ2n) is 4.43. The third-order valence-electron chi connectivity index (χ3n) is 2.57. The van der Waals surface area contributed by atoms with Gasteiger partial charge in [0, 0.05) is 17.0 Å². The Morgan fingerprint density at radius 1 is 1.56 bits per heavy atom. The van der Waals surface area contributed by atoms with Crippen molar-refractivity contribution in [3.05, 3.63) is 24.0 Å². The zero-order valence-corrected chi connectivity index (χ0v) is 9.19. The fourth-order valence-corrected chi connectivity index (χ4v) is 1.83. The number of aromatic nitrogens is 3. The van der Waals surface area contributed by atoms with E-state index in [9.17, 15) is 4.79 Å². The van der Waals surface area contributed by atoms with E-state index in [1.807, 2.05) is 26.0 Å². The largest absolute Gasteiger partial charge is 0.481 e. The summed E-state index contributed by atoms with van der Waals surface area (Å²) >= 11 is 0. The van der Waals surface area contributed by atoms with E-state index in [0.29, 0.717) is 5.65 Å². The van der Waals surface area contributed by atoms with Gasteiger partial charge in [-0.15, -0.1) is 0 Å². The number of hydrogen-bond acceptors (Lipinski definition) is 3. The van der Waals surface area contributed by atoms with Crippen LogP contribution in [0.3, 0.4) is 0 Å². The predicted octanol–water partition coefficient (Wildman–Crippen LogP) is 1.71. The first kappa shape index (κ1) is 10.6. The Hall–Kier alpha value is -1.91. The summed E-state index contributed by atoms with van der Waals surface area (Å²) in [7, 11) is 0. The second kappa shape index (κ2) is 3.59. The molecule has 2 rings (SSSR count). The minimum Gasteiger partial charge on any atom is -0.481 e. The van der Waals surface area contributed by atoms with Crippen molar-refractivity contribution in [2.45, 2.75) is 25.7 Å². The van der Waals surface area contributed by atoms with Crippen LogP contribution in [0.2, 0.25) is 0 Å². The van der Waals surface area contributed by atoms with E-state index in [-0.39, 0.29) is 6.42 Å². The average Bonchev–Trinajstić information content (AvgIpc) is 2.59. The Morgan fingerprint density at radius 3 is 3.00 bits per heavy atom. The molecule has 16 heavy (non-hydrogen) atoms. The molecule has 0 aliphatic carbocycles. The molecule has 5 nitrogen and oxygen atoms in total. The Kier molecular flexibility index (Phi) is 2.38. The quantitative estimate of drug-likeness (QED) is 0.823. The molecule has 0 radical (unpaired) electrons. The summed E-state index contributed by atoms with van der Waals surface area (Å²) < 4.78 is 0. The van der Waals surface area contributed by atoms with Gasteiger partial charge in [-0.25, -0.2) is 4.98 Å². The number of carbonyl (C=O) groups is 1. The van der Waals surface area contributed by atoms with Crippen LogP contribution in [-0.4, -0.2) is 26.3 Å². The van der Waals surface area contributed by atoms with Crippen LogP contribution in [0.5, 0.6) is 0 Å². The van der Waals surface area contributed by atoms with Crippen LogP contribution in [-0.2, 0) is 10.2 Å². The number of pyridine rings is 1. The highest BCUT2D eigenvalue weighted by molar-refractivity contribution is 5.80. The van der Waals surface area contributed by atoms with Crippen molar-refractivity contribution in [1.82, 2.24) is 15.2 Å². The van der Waals surface area contributed by atoms with Gasteiger partial charge in [-0.05, 0) is 12.1 Å². The summed E-state index contributed by atoms with van der Waals surface area (Å²) in [4.78, 5) is 14.9. The average molecular weight is 219 g/mol. The predicted molar refractivity (Wildman–Crippen MR) is 59.2 cm³/mol. The molecule has 2 heterocycles. The van der Waals surface area contributed by atoms with Gasteiger partial charge >= 0.3 is 5.97 Å². The number of carboxylic acids is 1. The first-order valence-electron chi connectivity index (χ1n) is 5.02. The first-order chi connectivity index (χ1) is 7.50. The highest BCUT2D eigenvalue weighted by Gasteiger charge is 2.28. The standard InChI is InChI=1S/C11H13N3O2/c1-11(2,6-8(15)16)9-7-4-3-5-12-10(7)14-13-9/h3-5H,6H2,1-2H3,(H,15,16)(H,12,13,14). The molecule has 0 saturated heterocycles. The lowest BCUT2D eigenvalue weighted by Gasteiger charge is -2.19. The molecule has 2 aromatic rings. The third kappa shape index (κ3) is 1.76. The van der Waals surface area contributed by atoms with Gasteiger partial charge in [-0.3, -0.25) is 9.89 Å². The molecule has 0 bridgehead atoms. The molecule has 0 fully saturated rings. The summed E-state index contributed by atoms with van der Waals surface area (Å²) in [6, 6.07) is 3.71. The number of carboxylic acid groups (broad SMARTS) is 1. The molecule has 0 amide bonds. The lowest BCUT2D eigenvalue weighted by Crippen LogP contribution is -2.22. The van der Waals surface area contributed by atoms with Crippen molar-refractivity contribution < 1.29 is 9.90 Å². The summed E-state index contributed by atoms with van der Waals surface area (Å²) in [5, 5.41) is 16.7. The maximum absolute atomic E-state index is 10.8. The molecule has 2 N–H and O–H groups in total. The van der Waals surface area contributed by atoms with Gasteiger partial charge in [0.25, 0.3) is 0 Å². The van der Waals surface area contributed by atoms with Crippen molar-refractivity contribution >= 4 is 17.0 Å². The maximum atomic E-state index is 10.8. The van der Waals surface area contributed by atoms with Crippen molar-refractivity contribution in [2.24, 2.45) is 0 Å². The number of nitrogens with zero attached hydrogens (tertiary/aromatic N) is 2. The van der Waals surface area contributed by atoms with Crippen molar-refractivity contribution in [3.63, 3.8) is 0 Å². The van der Waals surface area contributed by atoms with Crippen LogP contribution < -0.4 is 0 Å². The van der Waals surface area contributed by atoms with Crippen LogP contribution in [0, 0.1) is 0 Å². The monoisotopic (exact) mass is 219 g/mol. The van der Waals surface area contributed by atoms with E-state index < -0.39 is 11.4 Å². The fourth-order valence-electron chi connectivity index (χ4n) is 1.83. The van der Waals surface area contributed by atoms with E-state index in [4.69, 9.17) is 5.11 Å². The van der Waals surface area contributed by atoms with Gasteiger partial charge in [0.1, 0.15) is 0 Å². The normalized spacial score (nSPS) is 11.9. The van der Waals surface area contributed by atoms with Crippen molar-refractivity contribution in [2.75, 3.05) is 0 Å². The molecule has 0 aliphatic rings. The van der Waals surface area contributed by atoms with E-state index in [2.05, 4.69) is 15.2 Å². The van der Waals surface area contributed by atoms with Gasteiger partial charge in [0.2, 0.25) is 0 Å². The minimum atomic E-state index is -0.829. The van der Waals surface area contributed by atoms with Crippen LogP contribution in [0.4, 0.5) is 0 Å². The molecule has 84 valence electrons. The number of aliphatic carboxylic acids is 1. The van der Waals surface area contributed by atoms with Crippen LogP contribution >= 0.6 is 0 Å². The zero-order valence-electron chi connectivity index (χ0n) is 9.19. The number of fused-ring (bicyclic) bond motifs is 1. The van der Waals surface area contributed by atoms with E-state index in [1.54, 1.807) is 6.20 Å². The summed E-state index contributed by atoms with van der Waals surface area (Å²) in [6.07, 6.45) is 1.72. The Bertz CT molecular complexity index is 531. The Morgan fingerprint density at radius 2 is 2.31 bits per heavy atom. The van der Waals surface area contributed by atoms with Gasteiger partial charge in [0.15, 0.2) is 5.65 Å². The van der Waals surface area contributed by atoms with Crippen molar-refractivity contribution in [3.8, 4) is 0 Å². The topological polar surface area (TPSA) is 78.9 Å². The van der Waals surface area contributed by atoms with E-state index in [0.717, 1.165) is 11.1 Å². The first-order valence-corrected chi connectivity index (χ1v) is 5.02. The number of H-pyrrole nitrogens is 1. The molecule has 0 atom stereocenters. The number of rotatable bonds is 3. The highest BCUT2D eigenvalue weighted by atomic mass is 16.4. The lowest BCUT2D eigenvalue weighted by atomic mass is 9.84. The van der Waals surface area contributed by atoms with Crippen LogP contribution in [0.15, 0.2) is 18.3 Å². The second-order valence-corrected chi connectivity index (χ2v) is 4.43. The molecule has 0 saturated carbocycles. The fraction of sp³-hybridized carbons (Fsp3) is 0.364. The number of aromatic amines is 1.